The summed E-state index contributed by atoms with van der Waals surface area (Å²) in [6, 6.07) is 19.4. The molecule has 0 saturated heterocycles. The van der Waals surface area contributed by atoms with Gasteiger partial charge in [-0.2, -0.15) is 0 Å². The predicted molar refractivity (Wildman–Crippen MR) is 90.7 cm³/mol. The Bertz CT molecular complexity index is 997. The van der Waals surface area contributed by atoms with Gasteiger partial charge >= 0.3 is 0 Å². The van der Waals surface area contributed by atoms with Crippen LogP contribution in [0.5, 0.6) is 0 Å². The van der Waals surface area contributed by atoms with Gasteiger partial charge in [0, 0.05) is 22.9 Å². The van der Waals surface area contributed by atoms with E-state index in [0.717, 1.165) is 33.1 Å². The number of fused-ring (bicyclic) bond motifs is 2. The standard InChI is InChI=1S/C20H15NO2/c1-13-9-10-14-6-4-7-16(20(14)21-13)11-17(22)19-12-15-5-2-3-8-18(15)23-19/h2-10,12H,11H2,1H3. The zero-order chi connectivity index (χ0) is 15.8. The largest absolute Gasteiger partial charge is 0.453 e. The average Bonchev–Trinajstić information content (AvgIpc) is 2.99. The van der Waals surface area contributed by atoms with Crippen LogP contribution in [0, 0.1) is 6.92 Å². The molecule has 0 amide bonds. The first-order chi connectivity index (χ1) is 11.2. The van der Waals surface area contributed by atoms with Crippen LogP contribution in [0.25, 0.3) is 21.9 Å². The number of aromatic nitrogens is 1. The van der Waals surface area contributed by atoms with Gasteiger partial charge in [0.05, 0.1) is 5.52 Å². The van der Waals surface area contributed by atoms with E-state index >= 15 is 0 Å². The highest BCUT2D eigenvalue weighted by Crippen LogP contribution is 2.22. The number of pyridine rings is 1. The minimum absolute atomic E-state index is 0.0305. The van der Waals surface area contributed by atoms with Crippen LogP contribution < -0.4 is 0 Å². The molecule has 0 aliphatic heterocycles. The van der Waals surface area contributed by atoms with Crippen LogP contribution in [0.3, 0.4) is 0 Å². The fourth-order valence-electron chi connectivity index (χ4n) is 2.83. The number of ketones is 1. The predicted octanol–water partition coefficient (Wildman–Crippen LogP) is 4.71. The molecule has 0 saturated carbocycles. The van der Waals surface area contributed by atoms with E-state index in [4.69, 9.17) is 4.42 Å². The second-order valence-corrected chi connectivity index (χ2v) is 5.69. The molecule has 0 unspecified atom stereocenters. The van der Waals surface area contributed by atoms with Crippen molar-refractivity contribution in [3.8, 4) is 0 Å². The molecule has 0 bridgehead atoms. The number of para-hydroxylation sites is 2. The maximum atomic E-state index is 12.6. The summed E-state index contributed by atoms with van der Waals surface area (Å²) in [5.74, 6) is 0.368. The quantitative estimate of drug-likeness (QED) is 0.514. The molecule has 0 spiro atoms. The Hall–Kier alpha value is -2.94. The molecule has 4 aromatic rings. The van der Waals surface area contributed by atoms with Gasteiger partial charge in [0.25, 0.3) is 0 Å². The van der Waals surface area contributed by atoms with Gasteiger partial charge in [-0.3, -0.25) is 9.78 Å². The molecule has 0 atom stereocenters. The Labute approximate surface area is 133 Å². The lowest BCUT2D eigenvalue weighted by Crippen LogP contribution is -2.03. The number of carbonyl (C=O) groups is 1. The third kappa shape index (κ3) is 2.50. The second-order valence-electron chi connectivity index (χ2n) is 5.69. The number of benzene rings is 2. The maximum Gasteiger partial charge on any atom is 0.202 e. The third-order valence-electron chi connectivity index (χ3n) is 3.99. The highest BCUT2D eigenvalue weighted by Gasteiger charge is 2.14. The summed E-state index contributed by atoms with van der Waals surface area (Å²) in [7, 11) is 0. The Balaban J connectivity index is 1.72. The summed E-state index contributed by atoms with van der Waals surface area (Å²) >= 11 is 0. The molecular formula is C20H15NO2. The SMILES string of the molecule is Cc1ccc2cccc(CC(=O)c3cc4ccccc4o3)c2n1. The fourth-order valence-corrected chi connectivity index (χ4v) is 2.83. The molecule has 0 aliphatic carbocycles. The summed E-state index contributed by atoms with van der Waals surface area (Å²) in [6.07, 6.45) is 0.285. The maximum absolute atomic E-state index is 12.6. The van der Waals surface area contributed by atoms with Gasteiger partial charge in [-0.15, -0.1) is 0 Å². The Kier molecular flexibility index (Phi) is 3.19. The van der Waals surface area contributed by atoms with Gasteiger partial charge < -0.3 is 4.42 Å². The molecule has 0 fully saturated rings. The molecule has 0 radical (unpaired) electrons. The summed E-state index contributed by atoms with van der Waals surface area (Å²) in [4.78, 5) is 17.2. The zero-order valence-corrected chi connectivity index (χ0v) is 12.7. The van der Waals surface area contributed by atoms with Crippen LogP contribution >= 0.6 is 0 Å². The molecule has 23 heavy (non-hydrogen) atoms. The van der Waals surface area contributed by atoms with Gasteiger partial charge in [-0.1, -0.05) is 42.5 Å². The van der Waals surface area contributed by atoms with Crippen molar-refractivity contribution < 1.29 is 9.21 Å². The summed E-state index contributed by atoms with van der Waals surface area (Å²) in [5.41, 5.74) is 3.50. The van der Waals surface area contributed by atoms with E-state index in [1.54, 1.807) is 0 Å². The van der Waals surface area contributed by atoms with E-state index in [0.29, 0.717) is 5.76 Å². The highest BCUT2D eigenvalue weighted by molar-refractivity contribution is 6.00. The summed E-state index contributed by atoms with van der Waals surface area (Å²) in [6.45, 7) is 1.96. The first kappa shape index (κ1) is 13.7. The van der Waals surface area contributed by atoms with Gasteiger partial charge in [0.15, 0.2) is 5.76 Å². The van der Waals surface area contributed by atoms with Crippen LogP contribution in [-0.2, 0) is 6.42 Å². The van der Waals surface area contributed by atoms with E-state index in [1.807, 2.05) is 67.6 Å². The monoisotopic (exact) mass is 301 g/mol. The van der Waals surface area contributed by atoms with Crippen molar-refractivity contribution in [2.45, 2.75) is 13.3 Å². The molecule has 2 aromatic carbocycles. The average molecular weight is 301 g/mol. The Morgan fingerprint density at radius 1 is 1.00 bits per heavy atom. The van der Waals surface area contributed by atoms with Gasteiger partial charge in [-0.05, 0) is 30.7 Å². The lowest BCUT2D eigenvalue weighted by molar-refractivity contribution is 0.0969. The normalized spacial score (nSPS) is 11.2. The molecule has 2 heterocycles. The van der Waals surface area contributed by atoms with Crippen LogP contribution in [0.1, 0.15) is 21.8 Å². The third-order valence-corrected chi connectivity index (χ3v) is 3.99. The van der Waals surface area contributed by atoms with Crippen molar-refractivity contribution in [1.82, 2.24) is 4.98 Å². The van der Waals surface area contributed by atoms with Gasteiger partial charge in [-0.25, -0.2) is 0 Å². The van der Waals surface area contributed by atoms with Crippen LogP contribution in [0.2, 0.25) is 0 Å². The van der Waals surface area contributed by atoms with E-state index in [9.17, 15) is 4.79 Å². The first-order valence-corrected chi connectivity index (χ1v) is 7.58. The van der Waals surface area contributed by atoms with E-state index in [2.05, 4.69) is 4.98 Å². The van der Waals surface area contributed by atoms with Crippen molar-refractivity contribution in [1.29, 1.82) is 0 Å². The topological polar surface area (TPSA) is 43.1 Å². The molecule has 112 valence electrons. The smallest absolute Gasteiger partial charge is 0.202 e. The van der Waals surface area contributed by atoms with Crippen molar-refractivity contribution in [2.24, 2.45) is 0 Å². The number of carbonyl (C=O) groups excluding carboxylic acids is 1. The minimum Gasteiger partial charge on any atom is -0.453 e. The second kappa shape index (κ2) is 5.36. The van der Waals surface area contributed by atoms with Crippen molar-refractivity contribution in [3.63, 3.8) is 0 Å². The molecule has 0 N–H and O–H groups in total. The van der Waals surface area contributed by atoms with Crippen LogP contribution in [-0.4, -0.2) is 10.8 Å². The molecule has 4 rings (SSSR count). The number of Topliss-reactive ketones (excluding diaryl/α,β-unsaturated/α-hetero) is 1. The lowest BCUT2D eigenvalue weighted by atomic mass is 10.0. The number of rotatable bonds is 3. The molecule has 0 aliphatic rings. The highest BCUT2D eigenvalue weighted by atomic mass is 16.3. The number of nitrogens with zero attached hydrogens (tertiary/aromatic N) is 1. The Morgan fingerprint density at radius 3 is 2.70 bits per heavy atom. The lowest BCUT2D eigenvalue weighted by Gasteiger charge is -2.05. The Morgan fingerprint density at radius 2 is 1.83 bits per heavy atom. The molecule has 2 aromatic heterocycles. The molecule has 3 heteroatoms. The van der Waals surface area contributed by atoms with Crippen LogP contribution in [0.4, 0.5) is 0 Å². The zero-order valence-electron chi connectivity index (χ0n) is 12.7. The summed E-state index contributed by atoms with van der Waals surface area (Å²) < 4.78 is 5.67. The number of hydrogen-bond acceptors (Lipinski definition) is 3. The molecular weight excluding hydrogens is 286 g/mol. The van der Waals surface area contributed by atoms with Crippen molar-refractivity contribution >= 4 is 27.7 Å². The van der Waals surface area contributed by atoms with Crippen molar-refractivity contribution in [2.75, 3.05) is 0 Å². The van der Waals surface area contributed by atoms with E-state index < -0.39 is 0 Å². The number of furan rings is 1. The van der Waals surface area contributed by atoms with Crippen molar-refractivity contribution in [3.05, 3.63) is 77.7 Å². The van der Waals surface area contributed by atoms with E-state index in [-0.39, 0.29) is 12.2 Å². The summed E-state index contributed by atoms with van der Waals surface area (Å²) in [5, 5.41) is 1.99. The van der Waals surface area contributed by atoms with Gasteiger partial charge in [0.1, 0.15) is 5.58 Å². The number of hydrogen-bond donors (Lipinski definition) is 0. The first-order valence-electron chi connectivity index (χ1n) is 7.58. The van der Waals surface area contributed by atoms with Crippen LogP contribution in [0.15, 0.2) is 65.1 Å². The van der Waals surface area contributed by atoms with E-state index in [1.165, 1.54) is 0 Å². The molecule has 3 nitrogen and oxygen atoms in total. The fraction of sp³-hybridized carbons (Fsp3) is 0.100. The minimum atomic E-state index is -0.0305. The number of aryl methyl sites for hydroxylation is 1. The van der Waals surface area contributed by atoms with Gasteiger partial charge in [0.2, 0.25) is 5.78 Å².